The average Bonchev–Trinajstić information content (AvgIpc) is 1.68. The summed E-state index contributed by atoms with van der Waals surface area (Å²) in [7, 11) is 0. The van der Waals surface area contributed by atoms with Crippen molar-refractivity contribution in [2.45, 2.75) is 0 Å². The second-order valence-corrected chi connectivity index (χ2v) is 1.03. The molecule has 0 bridgehead atoms. The van der Waals surface area contributed by atoms with Crippen molar-refractivity contribution >= 4 is 0 Å². The Hall–Kier alpha value is -0.760. The highest BCUT2D eigenvalue weighted by atomic mass is 16.5. The molecule has 0 unspecified atom stereocenters. The summed E-state index contributed by atoms with van der Waals surface area (Å²) in [6.07, 6.45) is 1.30. The molecule has 7 heavy (non-hydrogen) atoms. The molecule has 0 saturated heterocycles. The zero-order valence-corrected chi connectivity index (χ0v) is 4.18. The zero-order valence-electron chi connectivity index (χ0n) is 4.18. The second kappa shape index (κ2) is 3.43. The van der Waals surface area contributed by atoms with E-state index >= 15 is 0 Å². The van der Waals surface area contributed by atoms with Crippen molar-refractivity contribution in [3.05, 3.63) is 25.2 Å². The van der Waals surface area contributed by atoms with Crippen LogP contribution in [-0.4, -0.2) is 6.54 Å². The zero-order chi connectivity index (χ0) is 5.70. The van der Waals surface area contributed by atoms with Gasteiger partial charge in [-0.3, -0.25) is 0 Å². The average molecular weight is 99.1 g/mol. The molecule has 0 heterocycles. The molecule has 0 rings (SSSR count). The minimum absolute atomic E-state index is 0.353. The van der Waals surface area contributed by atoms with Crippen molar-refractivity contribution in [1.29, 1.82) is 0 Å². The summed E-state index contributed by atoms with van der Waals surface area (Å²) in [5.41, 5.74) is 5.09. The van der Waals surface area contributed by atoms with E-state index in [1.54, 1.807) is 0 Å². The van der Waals surface area contributed by atoms with Crippen LogP contribution in [0.15, 0.2) is 25.2 Å². The van der Waals surface area contributed by atoms with Crippen LogP contribution in [0, 0.1) is 0 Å². The molecule has 0 fully saturated rings. The fourth-order valence-electron chi connectivity index (χ4n) is 0.166. The van der Waals surface area contributed by atoms with Crippen LogP contribution in [0.2, 0.25) is 0 Å². The minimum Gasteiger partial charge on any atom is -0.469 e. The molecule has 0 aromatic heterocycles. The number of hydrogen-bond donors (Lipinski definition) is 1. The van der Waals surface area contributed by atoms with Crippen LogP contribution in [0.3, 0.4) is 0 Å². The van der Waals surface area contributed by atoms with Crippen molar-refractivity contribution in [1.82, 2.24) is 0 Å². The number of nitrogens with two attached hydrogens (primary N) is 1. The van der Waals surface area contributed by atoms with Crippen molar-refractivity contribution in [3.63, 3.8) is 0 Å². The second-order valence-electron chi connectivity index (χ2n) is 1.03. The molecule has 0 aromatic rings. The Kier molecular flexibility index (Phi) is 3.06. The van der Waals surface area contributed by atoms with E-state index in [0.717, 1.165) is 0 Å². The summed E-state index contributed by atoms with van der Waals surface area (Å²) in [6.45, 7) is 7.11. The Bertz CT molecular complexity index is 78.1. The van der Waals surface area contributed by atoms with E-state index in [9.17, 15) is 0 Å². The normalized spacial score (nSPS) is 7.57. The summed E-state index contributed by atoms with van der Waals surface area (Å²) < 4.78 is 4.64. The lowest BCUT2D eigenvalue weighted by molar-refractivity contribution is 0.349. The number of ether oxygens (including phenoxy) is 1. The Morgan fingerprint density at radius 1 is 1.86 bits per heavy atom. The topological polar surface area (TPSA) is 35.2 Å². The summed E-state index contributed by atoms with van der Waals surface area (Å²) in [5, 5.41) is 0. The van der Waals surface area contributed by atoms with Gasteiger partial charge < -0.3 is 10.5 Å². The highest BCUT2D eigenvalue weighted by Gasteiger charge is 1.80. The van der Waals surface area contributed by atoms with Gasteiger partial charge in [-0.15, -0.1) is 0 Å². The first-order valence-corrected chi connectivity index (χ1v) is 1.96. The Labute approximate surface area is 43.3 Å². The van der Waals surface area contributed by atoms with Crippen molar-refractivity contribution in [3.8, 4) is 0 Å². The van der Waals surface area contributed by atoms with Gasteiger partial charge >= 0.3 is 0 Å². The molecule has 0 aliphatic carbocycles. The van der Waals surface area contributed by atoms with Crippen LogP contribution >= 0.6 is 0 Å². The van der Waals surface area contributed by atoms with E-state index in [0.29, 0.717) is 12.3 Å². The van der Waals surface area contributed by atoms with Gasteiger partial charge in [0.25, 0.3) is 0 Å². The molecule has 0 aromatic carbocycles. The summed E-state index contributed by atoms with van der Waals surface area (Å²) >= 11 is 0. The summed E-state index contributed by atoms with van der Waals surface area (Å²) in [6, 6.07) is 0. The fourth-order valence-corrected chi connectivity index (χ4v) is 0.166. The van der Waals surface area contributed by atoms with Gasteiger partial charge in [0.1, 0.15) is 5.76 Å². The third-order valence-electron chi connectivity index (χ3n) is 0.478. The molecule has 0 aliphatic rings. The van der Waals surface area contributed by atoms with Crippen molar-refractivity contribution in [2.75, 3.05) is 6.54 Å². The van der Waals surface area contributed by atoms with Gasteiger partial charge in [0, 0.05) is 0 Å². The fraction of sp³-hybridized carbons (Fsp3) is 0.200. The largest absolute Gasteiger partial charge is 0.469 e. The maximum atomic E-state index is 5.09. The predicted octanol–water partition coefficient (Wildman–Crippen LogP) is 0.619. The quantitative estimate of drug-likeness (QED) is 0.526. The Balaban J connectivity index is 3.17. The smallest absolute Gasteiger partial charge is 0.110 e. The van der Waals surface area contributed by atoms with Crippen molar-refractivity contribution in [2.24, 2.45) is 5.73 Å². The van der Waals surface area contributed by atoms with E-state index in [-0.39, 0.29) is 0 Å². The van der Waals surface area contributed by atoms with Crippen LogP contribution in [0.1, 0.15) is 0 Å². The highest BCUT2D eigenvalue weighted by molar-refractivity contribution is 4.85. The molecule has 2 heteroatoms. The lowest BCUT2D eigenvalue weighted by Gasteiger charge is -1.95. The molecule has 40 valence electrons. The van der Waals surface area contributed by atoms with E-state index in [2.05, 4.69) is 17.9 Å². The lowest BCUT2D eigenvalue weighted by atomic mass is 10.6. The maximum absolute atomic E-state index is 5.09. The third-order valence-corrected chi connectivity index (χ3v) is 0.478. The molecular formula is C5H9NO. The van der Waals surface area contributed by atoms with E-state index in [1.807, 2.05) is 0 Å². The molecule has 0 amide bonds. The Morgan fingerprint density at radius 3 is 2.57 bits per heavy atom. The lowest BCUT2D eigenvalue weighted by Crippen LogP contribution is -2.01. The molecule has 0 saturated carbocycles. The molecular weight excluding hydrogens is 90.1 g/mol. The monoisotopic (exact) mass is 99.1 g/mol. The first kappa shape index (κ1) is 6.24. The SMILES string of the molecule is C=COC(=C)CN. The predicted molar refractivity (Wildman–Crippen MR) is 29.5 cm³/mol. The first-order chi connectivity index (χ1) is 3.31. The van der Waals surface area contributed by atoms with Gasteiger partial charge in [-0.1, -0.05) is 13.2 Å². The van der Waals surface area contributed by atoms with Gasteiger partial charge in [-0.2, -0.15) is 0 Å². The van der Waals surface area contributed by atoms with Gasteiger partial charge in [0.2, 0.25) is 0 Å². The summed E-state index contributed by atoms with van der Waals surface area (Å²) in [4.78, 5) is 0. The van der Waals surface area contributed by atoms with Gasteiger partial charge in [-0.25, -0.2) is 0 Å². The number of rotatable bonds is 3. The van der Waals surface area contributed by atoms with Crippen LogP contribution in [0.5, 0.6) is 0 Å². The highest BCUT2D eigenvalue weighted by Crippen LogP contribution is 1.86. The number of hydrogen-bond acceptors (Lipinski definition) is 2. The third kappa shape index (κ3) is 3.06. The minimum atomic E-state index is 0.353. The maximum Gasteiger partial charge on any atom is 0.110 e. The molecule has 0 atom stereocenters. The van der Waals surface area contributed by atoms with E-state index in [1.165, 1.54) is 6.26 Å². The van der Waals surface area contributed by atoms with Crippen LogP contribution in [0.4, 0.5) is 0 Å². The molecule has 2 nitrogen and oxygen atoms in total. The molecule has 0 spiro atoms. The van der Waals surface area contributed by atoms with E-state index in [4.69, 9.17) is 5.73 Å². The van der Waals surface area contributed by atoms with Crippen LogP contribution < -0.4 is 5.73 Å². The van der Waals surface area contributed by atoms with Crippen molar-refractivity contribution < 1.29 is 4.74 Å². The first-order valence-electron chi connectivity index (χ1n) is 1.96. The molecule has 0 radical (unpaired) electrons. The molecule has 0 aliphatic heterocycles. The standard InChI is InChI=1S/C5H9NO/c1-3-7-5(2)4-6/h3H,1-2,4,6H2. The van der Waals surface area contributed by atoms with E-state index < -0.39 is 0 Å². The van der Waals surface area contributed by atoms with Gasteiger partial charge in [0.05, 0.1) is 12.8 Å². The van der Waals surface area contributed by atoms with Gasteiger partial charge in [-0.05, 0) is 0 Å². The van der Waals surface area contributed by atoms with Gasteiger partial charge in [0.15, 0.2) is 0 Å². The van der Waals surface area contributed by atoms with Crippen LogP contribution in [0.25, 0.3) is 0 Å². The molecule has 2 N–H and O–H groups in total. The summed E-state index contributed by atoms with van der Waals surface area (Å²) in [5.74, 6) is 0.537. The Morgan fingerprint density at radius 2 is 2.43 bits per heavy atom. The van der Waals surface area contributed by atoms with Crippen LogP contribution in [-0.2, 0) is 4.74 Å².